The standard InChI is InChI=1S/C13H17NO3/c1-14-8-2-4-12(10-14)17-13(15)7-6-11-5-3-9-16-11/h3,5-7,9,12H,2,4,8,10H2,1H3/p+1/b7-6+/t12-/m1/s1. The summed E-state index contributed by atoms with van der Waals surface area (Å²) in [7, 11) is 2.12. The highest BCUT2D eigenvalue weighted by Gasteiger charge is 2.22. The number of likely N-dealkylation sites (N-methyl/N-ethyl adjacent to an activating group) is 1. The number of nitrogens with one attached hydrogen (secondary N) is 1. The number of furan rings is 1. The van der Waals surface area contributed by atoms with Crippen LogP contribution < -0.4 is 4.90 Å². The first-order chi connectivity index (χ1) is 8.24. The molecule has 0 radical (unpaired) electrons. The highest BCUT2D eigenvalue weighted by atomic mass is 16.5. The van der Waals surface area contributed by atoms with Gasteiger partial charge < -0.3 is 14.1 Å². The number of carbonyl (C=O) groups is 1. The quantitative estimate of drug-likeness (QED) is 0.614. The monoisotopic (exact) mass is 236 g/mol. The van der Waals surface area contributed by atoms with Gasteiger partial charge in [0.25, 0.3) is 0 Å². The molecule has 1 fully saturated rings. The van der Waals surface area contributed by atoms with E-state index in [0.717, 1.165) is 25.9 Å². The Bertz CT molecular complexity index is 383. The predicted molar refractivity (Wildman–Crippen MR) is 63.5 cm³/mol. The lowest BCUT2D eigenvalue weighted by molar-refractivity contribution is -0.888. The summed E-state index contributed by atoms with van der Waals surface area (Å²) in [6.07, 6.45) is 6.76. The molecule has 0 amide bonds. The molecule has 1 unspecified atom stereocenters. The van der Waals surface area contributed by atoms with Crippen molar-refractivity contribution < 1.29 is 18.8 Å². The number of hydrogen-bond donors (Lipinski definition) is 1. The summed E-state index contributed by atoms with van der Waals surface area (Å²) in [5, 5.41) is 0. The highest BCUT2D eigenvalue weighted by molar-refractivity contribution is 5.86. The van der Waals surface area contributed by atoms with Gasteiger partial charge in [0.2, 0.25) is 0 Å². The van der Waals surface area contributed by atoms with Crippen molar-refractivity contribution in [3.05, 3.63) is 30.2 Å². The van der Waals surface area contributed by atoms with Crippen molar-refractivity contribution in [3.63, 3.8) is 0 Å². The van der Waals surface area contributed by atoms with E-state index < -0.39 is 0 Å². The van der Waals surface area contributed by atoms with Crippen LogP contribution in [-0.2, 0) is 9.53 Å². The van der Waals surface area contributed by atoms with E-state index in [0.29, 0.717) is 5.76 Å². The molecule has 2 rings (SSSR count). The number of carbonyl (C=O) groups excluding carboxylic acids is 1. The molecule has 1 aromatic heterocycles. The lowest BCUT2D eigenvalue weighted by Gasteiger charge is -2.26. The van der Waals surface area contributed by atoms with Gasteiger partial charge in [-0.3, -0.25) is 0 Å². The van der Waals surface area contributed by atoms with Crippen LogP contribution in [0.2, 0.25) is 0 Å². The minimum Gasteiger partial charge on any atom is -0.465 e. The van der Waals surface area contributed by atoms with Gasteiger partial charge in [-0.15, -0.1) is 0 Å². The summed E-state index contributed by atoms with van der Waals surface area (Å²) < 4.78 is 10.5. The lowest BCUT2D eigenvalue weighted by atomic mass is 10.1. The lowest BCUT2D eigenvalue weighted by Crippen LogP contribution is -3.11. The maximum Gasteiger partial charge on any atom is 0.331 e. The van der Waals surface area contributed by atoms with Gasteiger partial charge in [0.15, 0.2) is 6.10 Å². The Balaban J connectivity index is 1.80. The molecule has 4 heteroatoms. The average Bonchev–Trinajstić information content (AvgIpc) is 2.79. The Labute approximate surface area is 101 Å². The fraction of sp³-hybridized carbons (Fsp3) is 0.462. The van der Waals surface area contributed by atoms with E-state index in [9.17, 15) is 4.79 Å². The topological polar surface area (TPSA) is 43.9 Å². The summed E-state index contributed by atoms with van der Waals surface area (Å²) in [6.45, 7) is 2.07. The molecule has 2 heterocycles. The zero-order valence-corrected chi connectivity index (χ0v) is 10.0. The van der Waals surface area contributed by atoms with Gasteiger partial charge in [0.05, 0.1) is 19.9 Å². The molecule has 0 saturated carbocycles. The molecule has 17 heavy (non-hydrogen) atoms. The van der Waals surface area contributed by atoms with Gasteiger partial charge in [-0.25, -0.2) is 4.79 Å². The second-order valence-electron chi connectivity index (χ2n) is 4.46. The van der Waals surface area contributed by atoms with E-state index in [4.69, 9.17) is 9.15 Å². The first-order valence-electron chi connectivity index (χ1n) is 5.97. The molecule has 4 nitrogen and oxygen atoms in total. The Morgan fingerprint density at radius 1 is 1.65 bits per heavy atom. The van der Waals surface area contributed by atoms with E-state index in [2.05, 4.69) is 7.05 Å². The zero-order chi connectivity index (χ0) is 12.1. The molecular weight excluding hydrogens is 218 g/mol. The minimum absolute atomic E-state index is 0.0532. The average molecular weight is 236 g/mol. The van der Waals surface area contributed by atoms with Crippen molar-refractivity contribution in [1.29, 1.82) is 0 Å². The molecule has 92 valence electrons. The number of piperidine rings is 1. The molecule has 1 saturated heterocycles. The maximum atomic E-state index is 11.6. The smallest absolute Gasteiger partial charge is 0.331 e. The van der Waals surface area contributed by atoms with Gasteiger partial charge in [-0.2, -0.15) is 0 Å². The number of ether oxygens (including phenoxy) is 1. The molecule has 1 N–H and O–H groups in total. The zero-order valence-electron chi connectivity index (χ0n) is 10.0. The number of likely N-dealkylation sites (tertiary alicyclic amines) is 1. The van der Waals surface area contributed by atoms with Gasteiger partial charge in [-0.05, 0) is 24.6 Å². The number of esters is 1. The van der Waals surface area contributed by atoms with Crippen LogP contribution in [0.3, 0.4) is 0 Å². The predicted octanol–water partition coefficient (Wildman–Crippen LogP) is 0.513. The van der Waals surface area contributed by atoms with E-state index in [1.165, 1.54) is 11.0 Å². The van der Waals surface area contributed by atoms with Crippen molar-refractivity contribution in [2.45, 2.75) is 18.9 Å². The molecule has 2 atom stereocenters. The second kappa shape index (κ2) is 5.68. The van der Waals surface area contributed by atoms with Crippen LogP contribution in [0.1, 0.15) is 18.6 Å². The summed E-state index contributed by atoms with van der Waals surface area (Å²) in [4.78, 5) is 13.0. The third-order valence-corrected chi connectivity index (χ3v) is 2.92. The third-order valence-electron chi connectivity index (χ3n) is 2.92. The Kier molecular flexibility index (Phi) is 3.98. The molecule has 1 aliphatic rings. The molecule has 1 aliphatic heterocycles. The van der Waals surface area contributed by atoms with Crippen LogP contribution in [-0.4, -0.2) is 32.2 Å². The number of rotatable bonds is 3. The number of hydrogen-bond acceptors (Lipinski definition) is 3. The molecule has 0 aromatic carbocycles. The highest BCUT2D eigenvalue weighted by Crippen LogP contribution is 2.06. The summed E-state index contributed by atoms with van der Waals surface area (Å²) >= 11 is 0. The van der Waals surface area contributed by atoms with Crippen molar-refractivity contribution in [2.75, 3.05) is 20.1 Å². The fourth-order valence-corrected chi connectivity index (χ4v) is 2.06. The molecular formula is C13H18NO3+. The van der Waals surface area contributed by atoms with Crippen molar-refractivity contribution >= 4 is 12.0 Å². The normalized spacial score (nSPS) is 25.0. The molecule has 0 bridgehead atoms. The van der Waals surface area contributed by atoms with Crippen LogP contribution >= 0.6 is 0 Å². The van der Waals surface area contributed by atoms with Crippen LogP contribution in [0.5, 0.6) is 0 Å². The Morgan fingerprint density at radius 2 is 2.53 bits per heavy atom. The molecule has 0 aliphatic carbocycles. The van der Waals surface area contributed by atoms with Gasteiger partial charge in [0, 0.05) is 12.5 Å². The third kappa shape index (κ3) is 3.75. The van der Waals surface area contributed by atoms with Crippen LogP contribution in [0.15, 0.2) is 28.9 Å². The summed E-state index contributed by atoms with van der Waals surface area (Å²) in [5.41, 5.74) is 0. The van der Waals surface area contributed by atoms with Crippen LogP contribution in [0.4, 0.5) is 0 Å². The first kappa shape index (κ1) is 11.9. The minimum atomic E-state index is -0.291. The maximum absolute atomic E-state index is 11.6. The van der Waals surface area contributed by atoms with Crippen LogP contribution in [0.25, 0.3) is 6.08 Å². The second-order valence-corrected chi connectivity index (χ2v) is 4.46. The fourth-order valence-electron chi connectivity index (χ4n) is 2.06. The van der Waals surface area contributed by atoms with E-state index in [1.807, 2.05) is 0 Å². The Hall–Kier alpha value is -1.55. The van der Waals surface area contributed by atoms with Crippen molar-refractivity contribution in [2.24, 2.45) is 0 Å². The van der Waals surface area contributed by atoms with E-state index in [1.54, 1.807) is 24.5 Å². The SMILES string of the molecule is C[NH+]1CCC[C@@H](OC(=O)/C=C/c2ccco2)C1. The molecule has 0 spiro atoms. The largest absolute Gasteiger partial charge is 0.465 e. The van der Waals surface area contributed by atoms with Crippen molar-refractivity contribution in [3.8, 4) is 0 Å². The van der Waals surface area contributed by atoms with Crippen molar-refractivity contribution in [1.82, 2.24) is 0 Å². The van der Waals surface area contributed by atoms with E-state index >= 15 is 0 Å². The van der Waals surface area contributed by atoms with Crippen LogP contribution in [0, 0.1) is 0 Å². The summed E-state index contributed by atoms with van der Waals surface area (Å²) in [6, 6.07) is 3.58. The van der Waals surface area contributed by atoms with Gasteiger partial charge in [0.1, 0.15) is 12.3 Å². The van der Waals surface area contributed by atoms with E-state index in [-0.39, 0.29) is 12.1 Å². The molecule has 1 aromatic rings. The Morgan fingerprint density at radius 3 is 3.24 bits per heavy atom. The summed E-state index contributed by atoms with van der Waals surface area (Å²) in [5.74, 6) is 0.370. The van der Waals surface area contributed by atoms with Gasteiger partial charge >= 0.3 is 5.97 Å². The van der Waals surface area contributed by atoms with Gasteiger partial charge in [-0.1, -0.05) is 0 Å². The first-order valence-corrected chi connectivity index (χ1v) is 5.97. The number of quaternary nitrogens is 1.